The Balaban J connectivity index is 2.18. The Morgan fingerprint density at radius 3 is 2.81 bits per heavy atom. The first kappa shape index (κ1) is 9.43. The Hall–Kier alpha value is -1.80. The van der Waals surface area contributed by atoms with Crippen LogP contribution in [-0.4, -0.2) is 6.21 Å². The molecule has 3 rings (SSSR count). The molecule has 0 saturated heterocycles. The quantitative estimate of drug-likeness (QED) is 0.614. The van der Waals surface area contributed by atoms with Gasteiger partial charge in [-0.1, -0.05) is 23.7 Å². The lowest BCUT2D eigenvalue weighted by Gasteiger charge is -2.08. The zero-order chi connectivity index (χ0) is 11.0. The van der Waals surface area contributed by atoms with Crippen LogP contribution in [0.4, 0.5) is 17.1 Å². The van der Waals surface area contributed by atoms with Crippen LogP contribution in [0.15, 0.2) is 47.5 Å². The summed E-state index contributed by atoms with van der Waals surface area (Å²) in [5, 5.41) is 4.06. The topological polar surface area (TPSA) is 24.4 Å². The number of anilines is 2. The first-order chi connectivity index (χ1) is 7.83. The molecular weight excluding hydrogens is 220 g/mol. The van der Waals surface area contributed by atoms with Crippen LogP contribution in [0.25, 0.3) is 0 Å². The number of rotatable bonds is 0. The summed E-state index contributed by atoms with van der Waals surface area (Å²) in [5.41, 5.74) is 3.97. The van der Waals surface area contributed by atoms with Gasteiger partial charge in [-0.05, 0) is 30.3 Å². The normalized spacial score (nSPS) is 12.3. The summed E-state index contributed by atoms with van der Waals surface area (Å²) in [6, 6.07) is 13.7. The molecule has 2 aromatic rings. The molecule has 1 heterocycles. The Labute approximate surface area is 98.6 Å². The number of benzene rings is 2. The Morgan fingerprint density at radius 1 is 1.00 bits per heavy atom. The maximum atomic E-state index is 5.97. The first-order valence-corrected chi connectivity index (χ1v) is 5.40. The van der Waals surface area contributed by atoms with Crippen LogP contribution in [0, 0.1) is 0 Å². The number of nitrogens with zero attached hydrogens (tertiary/aromatic N) is 1. The molecule has 0 unspecified atom stereocenters. The van der Waals surface area contributed by atoms with Crippen molar-refractivity contribution in [1.82, 2.24) is 0 Å². The predicted octanol–water partition coefficient (Wildman–Crippen LogP) is 4.15. The fraction of sp³-hybridized carbons (Fsp3) is 0. The summed E-state index contributed by atoms with van der Waals surface area (Å²) < 4.78 is 0. The minimum absolute atomic E-state index is 0.721. The van der Waals surface area contributed by atoms with Gasteiger partial charge in [0.2, 0.25) is 0 Å². The second-order valence-corrected chi connectivity index (χ2v) is 4.07. The summed E-state index contributed by atoms with van der Waals surface area (Å²) in [6.45, 7) is 0. The van der Waals surface area contributed by atoms with E-state index in [1.807, 2.05) is 48.7 Å². The third-order valence-corrected chi connectivity index (χ3v) is 2.77. The average molecular weight is 229 g/mol. The van der Waals surface area contributed by atoms with E-state index in [1.165, 1.54) is 0 Å². The van der Waals surface area contributed by atoms with E-state index >= 15 is 0 Å². The van der Waals surface area contributed by atoms with Gasteiger partial charge < -0.3 is 5.32 Å². The van der Waals surface area contributed by atoms with Gasteiger partial charge in [0.15, 0.2) is 0 Å². The van der Waals surface area contributed by atoms with Crippen molar-refractivity contribution in [3.8, 4) is 0 Å². The van der Waals surface area contributed by atoms with Crippen molar-refractivity contribution in [3.05, 3.63) is 53.1 Å². The van der Waals surface area contributed by atoms with Gasteiger partial charge >= 0.3 is 0 Å². The lowest BCUT2D eigenvalue weighted by atomic mass is 10.2. The van der Waals surface area contributed by atoms with Gasteiger partial charge in [0, 0.05) is 22.5 Å². The Kier molecular flexibility index (Phi) is 2.15. The van der Waals surface area contributed by atoms with E-state index in [1.54, 1.807) is 0 Å². The average Bonchev–Trinajstić information content (AvgIpc) is 2.47. The monoisotopic (exact) mass is 228 g/mol. The minimum Gasteiger partial charge on any atom is -0.353 e. The fourth-order valence-electron chi connectivity index (χ4n) is 1.73. The summed E-state index contributed by atoms with van der Waals surface area (Å²) in [6.07, 6.45) is 1.85. The lowest BCUT2D eigenvalue weighted by Crippen LogP contribution is -1.92. The van der Waals surface area contributed by atoms with E-state index < -0.39 is 0 Å². The molecule has 0 spiro atoms. The number of halogens is 1. The Bertz CT molecular complexity index is 576. The van der Waals surface area contributed by atoms with Crippen LogP contribution >= 0.6 is 11.6 Å². The maximum absolute atomic E-state index is 5.97. The van der Waals surface area contributed by atoms with Gasteiger partial charge in [-0.2, -0.15) is 0 Å². The number of hydrogen-bond donors (Lipinski definition) is 1. The van der Waals surface area contributed by atoms with Crippen LogP contribution in [0.5, 0.6) is 0 Å². The molecule has 0 radical (unpaired) electrons. The summed E-state index contributed by atoms with van der Waals surface area (Å²) >= 11 is 5.97. The van der Waals surface area contributed by atoms with E-state index in [9.17, 15) is 0 Å². The number of aliphatic imine (C=N–C) groups is 1. The molecule has 0 amide bonds. The number of hydrogen-bond acceptors (Lipinski definition) is 2. The molecule has 1 aliphatic heterocycles. The molecule has 78 valence electrons. The molecule has 1 N–H and O–H groups in total. The number of nitrogens with one attached hydrogen (secondary N) is 1. The van der Waals surface area contributed by atoms with Gasteiger partial charge in [-0.15, -0.1) is 0 Å². The molecule has 2 aromatic carbocycles. The molecule has 0 aromatic heterocycles. The zero-order valence-electron chi connectivity index (χ0n) is 8.44. The van der Waals surface area contributed by atoms with E-state index in [0.717, 1.165) is 27.6 Å². The smallest absolute Gasteiger partial charge is 0.0864 e. The number of para-hydroxylation sites is 2. The molecule has 2 nitrogen and oxygen atoms in total. The highest BCUT2D eigenvalue weighted by Gasteiger charge is 2.08. The molecule has 0 atom stereocenters. The molecule has 0 aliphatic carbocycles. The van der Waals surface area contributed by atoms with Crippen LogP contribution in [0.1, 0.15) is 5.56 Å². The Morgan fingerprint density at radius 2 is 1.88 bits per heavy atom. The van der Waals surface area contributed by atoms with Crippen LogP contribution in [0.3, 0.4) is 0 Å². The van der Waals surface area contributed by atoms with E-state index in [0.29, 0.717) is 0 Å². The molecule has 3 heteroatoms. The third kappa shape index (κ3) is 1.57. The van der Waals surface area contributed by atoms with Gasteiger partial charge in [-0.3, -0.25) is 4.99 Å². The molecular formula is C13H9ClN2. The van der Waals surface area contributed by atoms with Gasteiger partial charge in [0.25, 0.3) is 0 Å². The second-order valence-electron chi connectivity index (χ2n) is 3.63. The van der Waals surface area contributed by atoms with Crippen molar-refractivity contribution in [3.63, 3.8) is 0 Å². The highest BCUT2D eigenvalue weighted by Crippen LogP contribution is 2.32. The zero-order valence-corrected chi connectivity index (χ0v) is 9.20. The van der Waals surface area contributed by atoms with Crippen molar-refractivity contribution in [2.75, 3.05) is 5.32 Å². The third-order valence-electron chi connectivity index (χ3n) is 2.53. The van der Waals surface area contributed by atoms with Crippen molar-refractivity contribution >= 4 is 34.9 Å². The predicted molar refractivity (Wildman–Crippen MR) is 68.4 cm³/mol. The van der Waals surface area contributed by atoms with Gasteiger partial charge in [0.1, 0.15) is 0 Å². The lowest BCUT2D eigenvalue weighted by molar-refractivity contribution is 1.51. The van der Waals surface area contributed by atoms with Gasteiger partial charge in [-0.25, -0.2) is 0 Å². The standard InChI is InChI=1S/C13H9ClN2/c14-10-6-5-9-8-15-11-3-1-2-4-12(11)16-13(9)7-10/h1-8,16H. The molecule has 0 fully saturated rings. The first-order valence-electron chi connectivity index (χ1n) is 5.02. The van der Waals surface area contributed by atoms with Crippen LogP contribution < -0.4 is 5.32 Å². The molecule has 0 bridgehead atoms. The maximum Gasteiger partial charge on any atom is 0.0864 e. The van der Waals surface area contributed by atoms with Crippen molar-refractivity contribution < 1.29 is 0 Å². The van der Waals surface area contributed by atoms with Crippen LogP contribution in [0.2, 0.25) is 5.02 Å². The fourth-order valence-corrected chi connectivity index (χ4v) is 1.90. The highest BCUT2D eigenvalue weighted by atomic mass is 35.5. The second kappa shape index (κ2) is 3.65. The van der Waals surface area contributed by atoms with Crippen LogP contribution in [-0.2, 0) is 0 Å². The minimum atomic E-state index is 0.721. The molecule has 0 saturated carbocycles. The highest BCUT2D eigenvalue weighted by molar-refractivity contribution is 6.31. The largest absolute Gasteiger partial charge is 0.353 e. The molecule has 1 aliphatic rings. The van der Waals surface area contributed by atoms with Gasteiger partial charge in [0.05, 0.1) is 11.4 Å². The van der Waals surface area contributed by atoms with Crippen molar-refractivity contribution in [2.24, 2.45) is 4.99 Å². The van der Waals surface area contributed by atoms with E-state index in [4.69, 9.17) is 11.6 Å². The molecule has 16 heavy (non-hydrogen) atoms. The van der Waals surface area contributed by atoms with Crippen molar-refractivity contribution in [2.45, 2.75) is 0 Å². The van der Waals surface area contributed by atoms with E-state index in [-0.39, 0.29) is 0 Å². The summed E-state index contributed by atoms with van der Waals surface area (Å²) in [4.78, 5) is 4.43. The number of fused-ring (bicyclic) bond motifs is 2. The van der Waals surface area contributed by atoms with E-state index in [2.05, 4.69) is 10.3 Å². The SMILES string of the molecule is Clc1ccc2c(c1)Nc1ccccc1N=C2. The summed E-state index contributed by atoms with van der Waals surface area (Å²) in [5.74, 6) is 0. The summed E-state index contributed by atoms with van der Waals surface area (Å²) in [7, 11) is 0. The van der Waals surface area contributed by atoms with Crippen molar-refractivity contribution in [1.29, 1.82) is 0 Å².